The van der Waals surface area contributed by atoms with E-state index in [0.717, 1.165) is 6.42 Å². The van der Waals surface area contributed by atoms with Crippen molar-refractivity contribution in [2.24, 2.45) is 5.73 Å². The van der Waals surface area contributed by atoms with Crippen LogP contribution in [0, 0.1) is 0 Å². The van der Waals surface area contributed by atoms with Gasteiger partial charge in [-0.15, -0.1) is 0 Å². The predicted molar refractivity (Wildman–Crippen MR) is 105 cm³/mol. The molecule has 4 heteroatoms. The van der Waals surface area contributed by atoms with E-state index >= 15 is 0 Å². The third-order valence-corrected chi connectivity index (χ3v) is 4.61. The Kier molecular flexibility index (Phi) is 27.0. The topological polar surface area (TPSA) is 52.3 Å². The Hall–Kier alpha value is 0.430. The van der Waals surface area contributed by atoms with E-state index in [1.807, 2.05) is 0 Å². The van der Waals surface area contributed by atoms with Crippen LogP contribution in [0.3, 0.4) is 0 Å². The van der Waals surface area contributed by atoms with E-state index in [-0.39, 0.29) is 37.0 Å². The monoisotopic (exact) mass is 365 g/mol. The molecule has 0 aliphatic heterocycles. The standard InChI is InChI=1S/C21H43NO2.Na.H/c1-2-3-4-5-6-7-8-9-10-11-12-13-14-15-16-17-20-24-21(23)18-19-22;;/h2-20,22H2,1H3;;/q;+1;-1. The van der Waals surface area contributed by atoms with Gasteiger partial charge in [0.2, 0.25) is 0 Å². The van der Waals surface area contributed by atoms with Crippen LogP contribution in [-0.4, -0.2) is 19.1 Å². The smallest absolute Gasteiger partial charge is 1.00 e. The molecule has 0 heterocycles. The second-order valence-corrected chi connectivity index (χ2v) is 7.06. The number of esters is 1. The molecule has 0 aromatic rings. The molecular weight excluding hydrogens is 321 g/mol. The number of carbonyl (C=O) groups is 1. The van der Waals surface area contributed by atoms with Gasteiger partial charge in [-0.2, -0.15) is 0 Å². The molecular formula is C21H44NNaO2. The quantitative estimate of drug-likeness (QED) is 0.217. The van der Waals surface area contributed by atoms with Crippen molar-refractivity contribution in [3.05, 3.63) is 0 Å². The SMILES string of the molecule is CCCCCCCCCCCCCCCCCCOC(=O)CCN.[H-].[Na+]. The van der Waals surface area contributed by atoms with Crippen molar-refractivity contribution in [2.75, 3.05) is 13.2 Å². The first-order valence-electron chi connectivity index (χ1n) is 10.7. The van der Waals surface area contributed by atoms with E-state index in [1.165, 1.54) is 96.3 Å². The van der Waals surface area contributed by atoms with Gasteiger partial charge in [0.15, 0.2) is 0 Å². The summed E-state index contributed by atoms with van der Waals surface area (Å²) < 4.78 is 5.08. The van der Waals surface area contributed by atoms with Crippen molar-refractivity contribution in [3.63, 3.8) is 0 Å². The minimum Gasteiger partial charge on any atom is -1.00 e. The van der Waals surface area contributed by atoms with Gasteiger partial charge in [-0.05, 0) is 6.42 Å². The molecule has 3 nitrogen and oxygen atoms in total. The molecule has 0 aliphatic rings. The summed E-state index contributed by atoms with van der Waals surface area (Å²) in [6, 6.07) is 0. The van der Waals surface area contributed by atoms with Crippen LogP contribution in [0.1, 0.15) is 118 Å². The van der Waals surface area contributed by atoms with E-state index in [4.69, 9.17) is 10.5 Å². The van der Waals surface area contributed by atoms with E-state index in [0.29, 0.717) is 19.6 Å². The number of nitrogens with two attached hydrogens (primary N) is 1. The van der Waals surface area contributed by atoms with Crippen molar-refractivity contribution in [2.45, 2.75) is 116 Å². The average Bonchev–Trinajstić information content (AvgIpc) is 2.58. The summed E-state index contributed by atoms with van der Waals surface area (Å²) in [6.07, 6.45) is 22.1. The molecule has 0 unspecified atom stereocenters. The van der Waals surface area contributed by atoms with E-state index in [1.54, 1.807) is 0 Å². The maximum absolute atomic E-state index is 11.1. The molecule has 0 rings (SSSR count). The summed E-state index contributed by atoms with van der Waals surface area (Å²) in [4.78, 5) is 11.1. The van der Waals surface area contributed by atoms with Crippen LogP contribution in [0.15, 0.2) is 0 Å². The molecule has 2 N–H and O–H groups in total. The Morgan fingerprint density at radius 3 is 1.44 bits per heavy atom. The number of ether oxygens (including phenoxy) is 1. The van der Waals surface area contributed by atoms with E-state index in [9.17, 15) is 4.79 Å². The summed E-state index contributed by atoms with van der Waals surface area (Å²) in [5.41, 5.74) is 5.29. The Labute approximate surface area is 181 Å². The van der Waals surface area contributed by atoms with Crippen LogP contribution in [0.5, 0.6) is 0 Å². The Morgan fingerprint density at radius 1 is 0.720 bits per heavy atom. The van der Waals surface area contributed by atoms with Crippen LogP contribution in [0.4, 0.5) is 0 Å². The zero-order valence-corrected chi connectivity index (χ0v) is 19.3. The van der Waals surface area contributed by atoms with Gasteiger partial charge in [0.25, 0.3) is 0 Å². The molecule has 146 valence electrons. The summed E-state index contributed by atoms with van der Waals surface area (Å²) >= 11 is 0. The Bertz CT molecular complexity index is 268. The van der Waals surface area contributed by atoms with Crippen molar-refractivity contribution in [1.29, 1.82) is 0 Å². The number of hydrogen-bond donors (Lipinski definition) is 1. The zero-order chi connectivity index (χ0) is 17.7. The van der Waals surface area contributed by atoms with Gasteiger partial charge in [0, 0.05) is 6.54 Å². The summed E-state index contributed by atoms with van der Waals surface area (Å²) in [5.74, 6) is -0.154. The van der Waals surface area contributed by atoms with Crippen molar-refractivity contribution in [1.82, 2.24) is 0 Å². The number of rotatable bonds is 19. The molecule has 0 spiro atoms. The molecule has 0 saturated carbocycles. The van der Waals surface area contributed by atoms with Gasteiger partial charge < -0.3 is 11.9 Å². The van der Waals surface area contributed by atoms with E-state index < -0.39 is 0 Å². The van der Waals surface area contributed by atoms with Gasteiger partial charge >= 0.3 is 35.5 Å². The molecule has 0 amide bonds. The summed E-state index contributed by atoms with van der Waals surface area (Å²) in [7, 11) is 0. The first kappa shape index (κ1) is 27.6. The Balaban J connectivity index is -0.00000264. The summed E-state index contributed by atoms with van der Waals surface area (Å²) in [6.45, 7) is 3.23. The van der Waals surface area contributed by atoms with Crippen LogP contribution in [-0.2, 0) is 9.53 Å². The number of unbranched alkanes of at least 4 members (excludes halogenated alkanes) is 15. The minimum absolute atomic E-state index is 0. The van der Waals surface area contributed by atoms with Crippen molar-refractivity contribution >= 4 is 5.97 Å². The Morgan fingerprint density at radius 2 is 1.08 bits per heavy atom. The average molecular weight is 366 g/mol. The van der Waals surface area contributed by atoms with E-state index in [2.05, 4.69) is 6.92 Å². The van der Waals surface area contributed by atoms with Crippen molar-refractivity contribution in [3.8, 4) is 0 Å². The third-order valence-electron chi connectivity index (χ3n) is 4.61. The minimum atomic E-state index is -0.154. The normalized spacial score (nSPS) is 10.5. The van der Waals surface area contributed by atoms with Crippen LogP contribution < -0.4 is 35.3 Å². The third kappa shape index (κ3) is 24.4. The van der Waals surface area contributed by atoms with Gasteiger partial charge in [0.05, 0.1) is 13.0 Å². The van der Waals surface area contributed by atoms with Gasteiger partial charge in [0.1, 0.15) is 0 Å². The largest absolute Gasteiger partial charge is 1.00 e. The maximum atomic E-state index is 11.1. The fraction of sp³-hybridized carbons (Fsp3) is 0.952. The number of carbonyl (C=O) groups excluding carboxylic acids is 1. The fourth-order valence-corrected chi connectivity index (χ4v) is 3.03. The van der Waals surface area contributed by atoms with Gasteiger partial charge in [-0.3, -0.25) is 4.79 Å². The molecule has 0 aromatic carbocycles. The van der Waals surface area contributed by atoms with Crippen LogP contribution in [0.25, 0.3) is 0 Å². The van der Waals surface area contributed by atoms with Gasteiger partial charge in [-0.1, -0.05) is 103 Å². The number of hydrogen-bond acceptors (Lipinski definition) is 3. The van der Waals surface area contributed by atoms with Crippen LogP contribution in [0.2, 0.25) is 0 Å². The second-order valence-electron chi connectivity index (χ2n) is 7.06. The van der Waals surface area contributed by atoms with Crippen LogP contribution >= 0.6 is 0 Å². The zero-order valence-electron chi connectivity index (χ0n) is 18.3. The molecule has 0 aromatic heterocycles. The molecule has 0 fully saturated rings. The predicted octanol–water partition coefficient (Wildman–Crippen LogP) is 3.26. The van der Waals surface area contributed by atoms with Crippen molar-refractivity contribution < 1.29 is 40.5 Å². The maximum Gasteiger partial charge on any atom is 1.00 e. The molecule has 0 aliphatic carbocycles. The summed E-state index contributed by atoms with van der Waals surface area (Å²) in [5, 5.41) is 0. The first-order valence-corrected chi connectivity index (χ1v) is 10.7. The molecule has 25 heavy (non-hydrogen) atoms. The fourth-order valence-electron chi connectivity index (χ4n) is 3.03. The molecule has 0 atom stereocenters. The molecule has 0 bridgehead atoms. The molecule has 0 saturated heterocycles. The second kappa shape index (κ2) is 24.4. The van der Waals surface area contributed by atoms with Gasteiger partial charge in [-0.25, -0.2) is 0 Å². The molecule has 0 radical (unpaired) electrons. The first-order chi connectivity index (χ1) is 11.8.